The topological polar surface area (TPSA) is 103 Å². The first kappa shape index (κ1) is 19.4. The third-order valence-electron chi connectivity index (χ3n) is 4.96. The minimum atomic E-state index is -3.90. The number of para-hydroxylation sites is 2. The second-order valence-corrected chi connectivity index (χ2v) is 10.0. The molecule has 7 nitrogen and oxygen atoms in total. The molecule has 154 valence electrons. The average molecular weight is 448 g/mol. The van der Waals surface area contributed by atoms with Gasteiger partial charge in [-0.05, 0) is 41.6 Å². The molecule has 0 radical (unpaired) electrons. The standard InChI is InChI=1S/C22H17N5O2S2/c1-14-7-2-3-8-15(14)13-24-27-21(23)20(31(28,29)18-11-6-12-30-18)19-22(27)26-17-10-5-4-9-16(17)25-19/h2-13H,23H2,1H3. The van der Waals surface area contributed by atoms with Gasteiger partial charge in [-0.3, -0.25) is 0 Å². The van der Waals surface area contributed by atoms with Crippen molar-refractivity contribution in [3.05, 3.63) is 77.2 Å². The minimum absolute atomic E-state index is 0.0245. The van der Waals surface area contributed by atoms with Crippen molar-refractivity contribution in [2.24, 2.45) is 5.10 Å². The van der Waals surface area contributed by atoms with Crippen molar-refractivity contribution in [2.75, 3.05) is 5.73 Å². The molecule has 0 atom stereocenters. The van der Waals surface area contributed by atoms with Gasteiger partial charge in [0.05, 0.1) is 17.2 Å². The Morgan fingerprint density at radius 1 is 1.00 bits per heavy atom. The van der Waals surface area contributed by atoms with Crippen LogP contribution in [-0.4, -0.2) is 29.3 Å². The van der Waals surface area contributed by atoms with Crippen LogP contribution in [0.1, 0.15) is 11.1 Å². The van der Waals surface area contributed by atoms with E-state index in [1.807, 2.05) is 49.4 Å². The largest absolute Gasteiger partial charge is 0.382 e. The summed E-state index contributed by atoms with van der Waals surface area (Å²) in [4.78, 5) is 9.15. The number of nitrogens with zero attached hydrogens (tertiary/aromatic N) is 4. The predicted molar refractivity (Wildman–Crippen MR) is 123 cm³/mol. The Morgan fingerprint density at radius 2 is 1.71 bits per heavy atom. The first-order valence-electron chi connectivity index (χ1n) is 9.42. The lowest BCUT2D eigenvalue weighted by atomic mass is 10.1. The fraction of sp³-hybridized carbons (Fsp3) is 0.0455. The van der Waals surface area contributed by atoms with E-state index in [4.69, 9.17) is 5.73 Å². The van der Waals surface area contributed by atoms with E-state index in [1.165, 1.54) is 4.68 Å². The van der Waals surface area contributed by atoms with Gasteiger partial charge in [0.2, 0.25) is 9.84 Å². The molecular formula is C22H17N5O2S2. The van der Waals surface area contributed by atoms with Crippen LogP contribution in [0, 0.1) is 6.92 Å². The Bertz CT molecular complexity index is 1570. The van der Waals surface area contributed by atoms with Gasteiger partial charge < -0.3 is 5.73 Å². The molecule has 5 aromatic rings. The summed E-state index contributed by atoms with van der Waals surface area (Å²) in [7, 11) is -3.90. The highest BCUT2D eigenvalue weighted by atomic mass is 32.2. The zero-order chi connectivity index (χ0) is 21.6. The predicted octanol–water partition coefficient (Wildman–Crippen LogP) is 4.25. The molecule has 0 unspecified atom stereocenters. The van der Waals surface area contributed by atoms with E-state index < -0.39 is 9.84 Å². The SMILES string of the molecule is Cc1ccccc1C=Nn1c(N)c(S(=O)(=O)c2cccs2)c2nc3ccccc3nc21. The lowest BCUT2D eigenvalue weighted by molar-refractivity contribution is 0.599. The summed E-state index contributed by atoms with van der Waals surface area (Å²) in [6.07, 6.45) is 1.64. The van der Waals surface area contributed by atoms with E-state index in [0.29, 0.717) is 11.0 Å². The lowest BCUT2D eigenvalue weighted by Gasteiger charge is -2.03. The Morgan fingerprint density at radius 3 is 2.42 bits per heavy atom. The fourth-order valence-corrected chi connectivity index (χ4v) is 5.96. The molecule has 2 N–H and O–H groups in total. The normalized spacial score (nSPS) is 12.3. The Hall–Kier alpha value is -3.56. The summed E-state index contributed by atoms with van der Waals surface area (Å²) >= 11 is 1.13. The maximum absolute atomic E-state index is 13.4. The number of aryl methyl sites for hydroxylation is 1. The molecule has 0 fully saturated rings. The van der Waals surface area contributed by atoms with Gasteiger partial charge in [-0.15, -0.1) is 11.3 Å². The number of nitrogen functional groups attached to an aromatic ring is 1. The molecule has 9 heteroatoms. The minimum Gasteiger partial charge on any atom is -0.382 e. The highest BCUT2D eigenvalue weighted by Crippen LogP contribution is 2.36. The Kier molecular flexibility index (Phi) is 4.57. The van der Waals surface area contributed by atoms with Crippen molar-refractivity contribution in [2.45, 2.75) is 16.0 Å². The summed E-state index contributed by atoms with van der Waals surface area (Å²) in [6.45, 7) is 1.97. The van der Waals surface area contributed by atoms with Gasteiger partial charge in [0.15, 0.2) is 5.65 Å². The highest BCUT2D eigenvalue weighted by Gasteiger charge is 2.31. The molecule has 0 aliphatic rings. The van der Waals surface area contributed by atoms with Crippen molar-refractivity contribution < 1.29 is 8.42 Å². The molecule has 0 amide bonds. The molecular weight excluding hydrogens is 430 g/mol. The summed E-state index contributed by atoms with van der Waals surface area (Å²) < 4.78 is 28.3. The van der Waals surface area contributed by atoms with E-state index in [0.717, 1.165) is 22.5 Å². The smallest absolute Gasteiger partial charge is 0.221 e. The number of anilines is 1. The number of sulfone groups is 1. The fourth-order valence-electron chi connectivity index (χ4n) is 3.37. The van der Waals surface area contributed by atoms with Crippen molar-refractivity contribution in [3.63, 3.8) is 0 Å². The molecule has 5 rings (SSSR count). The Labute approximate surface area is 182 Å². The zero-order valence-corrected chi connectivity index (χ0v) is 18.1. The average Bonchev–Trinajstić information content (AvgIpc) is 3.39. The van der Waals surface area contributed by atoms with E-state index in [1.54, 1.807) is 29.8 Å². The quantitative estimate of drug-likeness (QED) is 0.415. The van der Waals surface area contributed by atoms with Gasteiger partial charge in [0.25, 0.3) is 0 Å². The van der Waals surface area contributed by atoms with Gasteiger partial charge in [-0.1, -0.05) is 42.5 Å². The summed E-state index contributed by atoms with van der Waals surface area (Å²) in [5, 5.41) is 6.20. The molecule has 3 aromatic heterocycles. The summed E-state index contributed by atoms with van der Waals surface area (Å²) in [6, 6.07) is 18.2. The van der Waals surface area contributed by atoms with E-state index in [9.17, 15) is 8.42 Å². The van der Waals surface area contributed by atoms with Crippen molar-refractivity contribution in [1.82, 2.24) is 14.6 Å². The number of hydrogen-bond donors (Lipinski definition) is 1. The first-order valence-corrected chi connectivity index (χ1v) is 11.8. The van der Waals surface area contributed by atoms with Gasteiger partial charge in [-0.25, -0.2) is 18.4 Å². The number of benzene rings is 2. The number of fused-ring (bicyclic) bond motifs is 2. The number of rotatable bonds is 4. The van der Waals surface area contributed by atoms with E-state index in [2.05, 4.69) is 15.1 Å². The van der Waals surface area contributed by atoms with Crippen LogP contribution in [0.3, 0.4) is 0 Å². The van der Waals surface area contributed by atoms with E-state index >= 15 is 0 Å². The third kappa shape index (κ3) is 3.18. The molecule has 0 aliphatic carbocycles. The van der Waals surface area contributed by atoms with Crippen LogP contribution in [0.5, 0.6) is 0 Å². The maximum atomic E-state index is 13.4. The number of nitrogens with two attached hydrogens (primary N) is 1. The molecule has 0 saturated carbocycles. The number of thiophene rings is 1. The molecule has 31 heavy (non-hydrogen) atoms. The van der Waals surface area contributed by atoms with Crippen LogP contribution in [-0.2, 0) is 9.84 Å². The van der Waals surface area contributed by atoms with Gasteiger partial charge in [0.1, 0.15) is 20.4 Å². The van der Waals surface area contributed by atoms with Crippen LogP contribution in [0.4, 0.5) is 5.82 Å². The van der Waals surface area contributed by atoms with Crippen LogP contribution in [0.2, 0.25) is 0 Å². The molecule has 0 saturated heterocycles. The zero-order valence-electron chi connectivity index (χ0n) is 16.4. The van der Waals surface area contributed by atoms with Gasteiger partial charge in [-0.2, -0.15) is 9.78 Å². The van der Waals surface area contributed by atoms with Crippen LogP contribution in [0.25, 0.3) is 22.2 Å². The molecule has 0 spiro atoms. The second kappa shape index (κ2) is 7.29. The maximum Gasteiger partial charge on any atom is 0.221 e. The van der Waals surface area contributed by atoms with Crippen molar-refractivity contribution >= 4 is 55.4 Å². The van der Waals surface area contributed by atoms with Gasteiger partial charge in [0, 0.05) is 0 Å². The summed E-state index contributed by atoms with van der Waals surface area (Å²) in [5.41, 5.74) is 9.98. The van der Waals surface area contributed by atoms with Crippen LogP contribution < -0.4 is 5.73 Å². The molecule has 2 aromatic carbocycles. The van der Waals surface area contributed by atoms with Crippen molar-refractivity contribution in [1.29, 1.82) is 0 Å². The lowest BCUT2D eigenvalue weighted by Crippen LogP contribution is -2.05. The monoisotopic (exact) mass is 447 g/mol. The third-order valence-corrected chi connectivity index (χ3v) is 8.17. The molecule has 3 heterocycles. The van der Waals surface area contributed by atoms with Crippen molar-refractivity contribution in [3.8, 4) is 0 Å². The Balaban J connectivity index is 1.82. The molecule has 0 aliphatic heterocycles. The highest BCUT2D eigenvalue weighted by molar-refractivity contribution is 7.93. The first-order chi connectivity index (χ1) is 15.0. The summed E-state index contributed by atoms with van der Waals surface area (Å²) in [5.74, 6) is -0.0245. The van der Waals surface area contributed by atoms with Gasteiger partial charge >= 0.3 is 0 Å². The number of hydrogen-bond acceptors (Lipinski definition) is 7. The second-order valence-electron chi connectivity index (χ2n) is 6.95. The van der Waals surface area contributed by atoms with Crippen LogP contribution in [0.15, 0.2) is 80.2 Å². The molecule has 0 bridgehead atoms. The number of aromatic nitrogens is 3. The van der Waals surface area contributed by atoms with E-state index in [-0.39, 0.29) is 26.1 Å². The van der Waals surface area contributed by atoms with Crippen LogP contribution >= 0.6 is 11.3 Å².